The highest BCUT2D eigenvalue weighted by Crippen LogP contribution is 2.22. The number of nitrogens with zero attached hydrogens (tertiary/aromatic N) is 1. The summed E-state index contributed by atoms with van der Waals surface area (Å²) in [6.45, 7) is 3.61. The lowest BCUT2D eigenvalue weighted by atomic mass is 10.1. The van der Waals surface area contributed by atoms with E-state index in [1.807, 2.05) is 30.3 Å². The van der Waals surface area contributed by atoms with Gasteiger partial charge < -0.3 is 15.5 Å². The van der Waals surface area contributed by atoms with E-state index in [0.717, 1.165) is 18.4 Å². The van der Waals surface area contributed by atoms with Gasteiger partial charge in [-0.15, -0.1) is 0 Å². The lowest BCUT2D eigenvalue weighted by molar-refractivity contribution is -0.128. The maximum absolute atomic E-state index is 12.7. The molecule has 0 unspecified atom stereocenters. The number of carbonyl (C=O) groups is 3. The normalized spacial score (nSPS) is 16.0. The fourth-order valence-electron chi connectivity index (χ4n) is 3.41. The van der Waals surface area contributed by atoms with E-state index in [0.29, 0.717) is 30.9 Å². The molecule has 29 heavy (non-hydrogen) atoms. The topological polar surface area (TPSA) is 78.5 Å². The first kappa shape index (κ1) is 20.6. The number of rotatable bonds is 8. The second-order valence-electron chi connectivity index (χ2n) is 7.30. The van der Waals surface area contributed by atoms with Crippen LogP contribution in [0.15, 0.2) is 54.6 Å². The molecule has 0 aliphatic carbocycles. The van der Waals surface area contributed by atoms with E-state index in [4.69, 9.17) is 0 Å². The van der Waals surface area contributed by atoms with E-state index in [9.17, 15) is 14.4 Å². The van der Waals surface area contributed by atoms with Gasteiger partial charge in [0.1, 0.15) is 0 Å². The number of hydrogen-bond donors (Lipinski definition) is 2. The molecule has 0 bridgehead atoms. The van der Waals surface area contributed by atoms with Gasteiger partial charge in [-0.05, 0) is 24.1 Å². The van der Waals surface area contributed by atoms with Crippen molar-refractivity contribution < 1.29 is 14.4 Å². The molecule has 6 nitrogen and oxygen atoms in total. The number of amides is 3. The quantitative estimate of drug-likeness (QED) is 0.723. The average Bonchev–Trinajstić information content (AvgIpc) is 3.12. The van der Waals surface area contributed by atoms with Gasteiger partial charge in [0.2, 0.25) is 11.8 Å². The van der Waals surface area contributed by atoms with Crippen LogP contribution in [0.25, 0.3) is 0 Å². The molecule has 1 heterocycles. The Bertz CT molecular complexity index is 867. The zero-order chi connectivity index (χ0) is 20.6. The Morgan fingerprint density at radius 3 is 2.55 bits per heavy atom. The van der Waals surface area contributed by atoms with Crippen LogP contribution in [0.1, 0.15) is 42.1 Å². The minimum Gasteiger partial charge on any atom is -0.348 e. The molecule has 3 amide bonds. The van der Waals surface area contributed by atoms with Crippen LogP contribution in [0.3, 0.4) is 0 Å². The molecule has 0 radical (unpaired) electrons. The molecule has 2 aromatic carbocycles. The minimum absolute atomic E-state index is 0.0208. The van der Waals surface area contributed by atoms with Crippen LogP contribution in [0.2, 0.25) is 0 Å². The summed E-state index contributed by atoms with van der Waals surface area (Å²) < 4.78 is 0. The van der Waals surface area contributed by atoms with E-state index in [-0.39, 0.29) is 30.1 Å². The third-order valence-electron chi connectivity index (χ3n) is 5.09. The summed E-state index contributed by atoms with van der Waals surface area (Å²) in [7, 11) is 0. The fourth-order valence-corrected chi connectivity index (χ4v) is 3.41. The van der Waals surface area contributed by atoms with Crippen molar-refractivity contribution in [2.45, 2.75) is 32.7 Å². The first-order valence-corrected chi connectivity index (χ1v) is 10.1. The van der Waals surface area contributed by atoms with Gasteiger partial charge in [-0.3, -0.25) is 14.4 Å². The molecule has 0 spiro atoms. The molecule has 3 rings (SSSR count). The van der Waals surface area contributed by atoms with Gasteiger partial charge >= 0.3 is 0 Å². The maximum Gasteiger partial charge on any atom is 0.253 e. The van der Waals surface area contributed by atoms with Gasteiger partial charge in [0.15, 0.2) is 0 Å². The number of unbranched alkanes of at least 4 members (excludes halogenated alkanes) is 1. The van der Waals surface area contributed by atoms with E-state index in [1.165, 1.54) is 0 Å². The van der Waals surface area contributed by atoms with E-state index < -0.39 is 0 Å². The predicted octanol–water partition coefficient (Wildman–Crippen LogP) is 3.20. The van der Waals surface area contributed by atoms with Crippen LogP contribution >= 0.6 is 0 Å². The van der Waals surface area contributed by atoms with Crippen LogP contribution in [0.4, 0.5) is 5.69 Å². The molecular formula is C23H27N3O3. The second kappa shape index (κ2) is 9.87. The summed E-state index contributed by atoms with van der Waals surface area (Å²) >= 11 is 0. The van der Waals surface area contributed by atoms with Gasteiger partial charge in [0.25, 0.3) is 5.91 Å². The molecule has 1 aliphatic rings. The number of hydrogen-bond acceptors (Lipinski definition) is 3. The lowest BCUT2D eigenvalue weighted by Gasteiger charge is -2.16. The molecular weight excluding hydrogens is 366 g/mol. The summed E-state index contributed by atoms with van der Waals surface area (Å²) in [5.41, 5.74) is 1.87. The monoisotopic (exact) mass is 393 g/mol. The molecule has 2 N–H and O–H groups in total. The first-order valence-electron chi connectivity index (χ1n) is 10.1. The summed E-state index contributed by atoms with van der Waals surface area (Å²) in [5.74, 6) is -0.843. The average molecular weight is 393 g/mol. The zero-order valence-electron chi connectivity index (χ0n) is 16.7. The SMILES string of the molecule is CCCCN1C[C@H](C(=O)Nc2ccccc2C(=O)NCc2ccccc2)CC1=O. The van der Waals surface area contributed by atoms with Crippen LogP contribution in [-0.4, -0.2) is 35.7 Å². The Morgan fingerprint density at radius 1 is 1.07 bits per heavy atom. The zero-order valence-corrected chi connectivity index (χ0v) is 16.7. The molecule has 152 valence electrons. The van der Waals surface area contributed by atoms with Gasteiger partial charge in [0.05, 0.1) is 17.2 Å². The van der Waals surface area contributed by atoms with Crippen molar-refractivity contribution in [3.63, 3.8) is 0 Å². The standard InChI is InChI=1S/C23H27N3O3/c1-2-3-13-26-16-18(14-21(26)27)22(28)25-20-12-8-7-11-19(20)23(29)24-15-17-9-5-4-6-10-17/h4-12,18H,2-3,13-16H2,1H3,(H,24,29)(H,25,28)/t18-/m1/s1. The maximum atomic E-state index is 12.7. The molecule has 2 aromatic rings. The van der Waals surface area contributed by atoms with Crippen molar-refractivity contribution in [3.05, 3.63) is 65.7 Å². The molecule has 6 heteroatoms. The van der Waals surface area contributed by atoms with Crippen LogP contribution < -0.4 is 10.6 Å². The van der Waals surface area contributed by atoms with Crippen molar-refractivity contribution in [2.24, 2.45) is 5.92 Å². The van der Waals surface area contributed by atoms with Crippen LogP contribution in [0.5, 0.6) is 0 Å². The van der Waals surface area contributed by atoms with Crippen molar-refractivity contribution in [3.8, 4) is 0 Å². The van der Waals surface area contributed by atoms with Crippen molar-refractivity contribution >= 4 is 23.4 Å². The van der Waals surface area contributed by atoms with Gasteiger partial charge in [-0.1, -0.05) is 55.8 Å². The minimum atomic E-state index is -0.389. The Morgan fingerprint density at radius 2 is 1.79 bits per heavy atom. The highest BCUT2D eigenvalue weighted by molar-refractivity contribution is 6.05. The summed E-state index contributed by atoms with van der Waals surface area (Å²) in [5, 5.41) is 5.73. The Labute approximate surface area is 171 Å². The van der Waals surface area contributed by atoms with Gasteiger partial charge in [-0.25, -0.2) is 0 Å². The molecule has 1 atom stereocenters. The van der Waals surface area contributed by atoms with Crippen molar-refractivity contribution in [1.82, 2.24) is 10.2 Å². The summed E-state index contributed by atoms with van der Waals surface area (Å²) in [6.07, 6.45) is 2.16. The third-order valence-corrected chi connectivity index (χ3v) is 5.09. The lowest BCUT2D eigenvalue weighted by Crippen LogP contribution is -2.30. The number of nitrogens with one attached hydrogen (secondary N) is 2. The number of anilines is 1. The Hall–Kier alpha value is -3.15. The van der Waals surface area contributed by atoms with Crippen LogP contribution in [-0.2, 0) is 16.1 Å². The third kappa shape index (κ3) is 5.44. The Balaban J connectivity index is 1.62. The second-order valence-corrected chi connectivity index (χ2v) is 7.30. The smallest absolute Gasteiger partial charge is 0.253 e. The summed E-state index contributed by atoms with van der Waals surface area (Å²) in [6, 6.07) is 16.6. The highest BCUT2D eigenvalue weighted by Gasteiger charge is 2.34. The highest BCUT2D eigenvalue weighted by atomic mass is 16.2. The van der Waals surface area contributed by atoms with Crippen LogP contribution in [0, 0.1) is 5.92 Å². The summed E-state index contributed by atoms with van der Waals surface area (Å²) in [4.78, 5) is 39.2. The van der Waals surface area contributed by atoms with Crippen molar-refractivity contribution in [2.75, 3.05) is 18.4 Å². The molecule has 0 saturated carbocycles. The first-order chi connectivity index (χ1) is 14.1. The number of benzene rings is 2. The molecule has 0 aromatic heterocycles. The predicted molar refractivity (Wildman–Crippen MR) is 112 cm³/mol. The largest absolute Gasteiger partial charge is 0.348 e. The van der Waals surface area contributed by atoms with Crippen molar-refractivity contribution in [1.29, 1.82) is 0 Å². The van der Waals surface area contributed by atoms with E-state index in [2.05, 4.69) is 17.6 Å². The molecule has 1 fully saturated rings. The number of para-hydroxylation sites is 1. The van der Waals surface area contributed by atoms with E-state index in [1.54, 1.807) is 29.2 Å². The number of likely N-dealkylation sites (tertiary alicyclic amines) is 1. The van der Waals surface area contributed by atoms with E-state index >= 15 is 0 Å². The van der Waals surface area contributed by atoms with Gasteiger partial charge in [0, 0.05) is 26.1 Å². The fraction of sp³-hybridized carbons (Fsp3) is 0.348. The number of carbonyl (C=O) groups excluding carboxylic acids is 3. The van der Waals surface area contributed by atoms with Gasteiger partial charge in [-0.2, -0.15) is 0 Å². The molecule has 1 saturated heterocycles. The molecule has 1 aliphatic heterocycles. The Kier molecular flexibility index (Phi) is 7.00.